The molecule has 0 saturated carbocycles. The molecule has 2 aromatic carbocycles. The number of hydrogen-bond donors (Lipinski definition) is 2. The molecule has 0 aliphatic rings. The maximum Gasteiger partial charge on any atom is 0.0933 e. The van der Waals surface area contributed by atoms with Crippen LogP contribution in [-0.4, -0.2) is 4.98 Å². The average molecular weight is 263 g/mol. The third-order valence-corrected chi connectivity index (χ3v) is 3.37. The SMILES string of the molecule is NCc1ccc(CNc2cccc3cccnc23)cc1. The smallest absolute Gasteiger partial charge is 0.0933 e. The first kappa shape index (κ1) is 12.6. The molecule has 3 heteroatoms. The van der Waals surface area contributed by atoms with Gasteiger partial charge in [0.1, 0.15) is 0 Å². The Labute approximate surface area is 118 Å². The molecular weight excluding hydrogens is 246 g/mol. The van der Waals surface area contributed by atoms with Gasteiger partial charge < -0.3 is 11.1 Å². The van der Waals surface area contributed by atoms with Gasteiger partial charge in [0.15, 0.2) is 0 Å². The molecule has 100 valence electrons. The Bertz CT molecular complexity index is 700. The number of nitrogens with two attached hydrogens (primary N) is 1. The minimum absolute atomic E-state index is 0.584. The van der Waals surface area contributed by atoms with Crippen LogP contribution in [0.1, 0.15) is 11.1 Å². The van der Waals surface area contributed by atoms with Crippen molar-refractivity contribution in [1.29, 1.82) is 0 Å². The van der Waals surface area contributed by atoms with Gasteiger partial charge in [-0.2, -0.15) is 0 Å². The molecule has 0 fully saturated rings. The lowest BCUT2D eigenvalue weighted by molar-refractivity contribution is 1.06. The predicted molar refractivity (Wildman–Crippen MR) is 83.4 cm³/mol. The van der Waals surface area contributed by atoms with Crippen molar-refractivity contribution in [2.75, 3.05) is 5.32 Å². The molecule has 0 aliphatic carbocycles. The molecule has 0 bridgehead atoms. The number of nitrogens with zero attached hydrogens (tertiary/aromatic N) is 1. The molecule has 3 rings (SSSR count). The van der Waals surface area contributed by atoms with Crippen LogP contribution in [0.2, 0.25) is 0 Å². The fourth-order valence-corrected chi connectivity index (χ4v) is 2.24. The van der Waals surface area contributed by atoms with Crippen molar-refractivity contribution in [2.45, 2.75) is 13.1 Å². The summed E-state index contributed by atoms with van der Waals surface area (Å²) in [6.45, 7) is 1.36. The summed E-state index contributed by atoms with van der Waals surface area (Å²) < 4.78 is 0. The first-order valence-corrected chi connectivity index (χ1v) is 6.72. The summed E-state index contributed by atoms with van der Waals surface area (Å²) in [5.41, 5.74) is 10.1. The Morgan fingerprint density at radius 3 is 2.45 bits per heavy atom. The largest absolute Gasteiger partial charge is 0.379 e. The van der Waals surface area contributed by atoms with Crippen LogP contribution < -0.4 is 11.1 Å². The van der Waals surface area contributed by atoms with Crippen LogP contribution in [0.25, 0.3) is 10.9 Å². The fourth-order valence-electron chi connectivity index (χ4n) is 2.24. The van der Waals surface area contributed by atoms with Crippen LogP contribution in [-0.2, 0) is 13.1 Å². The van der Waals surface area contributed by atoms with E-state index in [9.17, 15) is 0 Å². The van der Waals surface area contributed by atoms with Crippen molar-refractivity contribution in [3.05, 3.63) is 71.9 Å². The first-order valence-electron chi connectivity index (χ1n) is 6.72. The predicted octanol–water partition coefficient (Wildman–Crippen LogP) is 3.31. The van der Waals surface area contributed by atoms with E-state index < -0.39 is 0 Å². The summed E-state index contributed by atoms with van der Waals surface area (Å²) in [6.07, 6.45) is 1.82. The van der Waals surface area contributed by atoms with E-state index in [1.165, 1.54) is 5.56 Å². The molecule has 0 spiro atoms. The Balaban J connectivity index is 1.79. The van der Waals surface area contributed by atoms with Crippen LogP contribution in [0.3, 0.4) is 0 Å². The van der Waals surface area contributed by atoms with Gasteiger partial charge in [0, 0.05) is 24.7 Å². The Hall–Kier alpha value is -2.39. The Kier molecular flexibility index (Phi) is 3.61. The number of rotatable bonds is 4. The maximum absolute atomic E-state index is 5.60. The van der Waals surface area contributed by atoms with Crippen LogP contribution in [0.5, 0.6) is 0 Å². The first-order chi connectivity index (χ1) is 9.86. The topological polar surface area (TPSA) is 50.9 Å². The number of nitrogens with one attached hydrogen (secondary N) is 1. The van der Waals surface area contributed by atoms with Gasteiger partial charge in [-0.15, -0.1) is 0 Å². The molecular formula is C17H17N3. The molecule has 0 aliphatic heterocycles. The molecule has 0 unspecified atom stereocenters. The number of aromatic nitrogens is 1. The fraction of sp³-hybridized carbons (Fsp3) is 0.118. The highest BCUT2D eigenvalue weighted by Gasteiger charge is 2.01. The lowest BCUT2D eigenvalue weighted by Gasteiger charge is -2.09. The molecule has 3 N–H and O–H groups in total. The van der Waals surface area contributed by atoms with E-state index in [4.69, 9.17) is 5.73 Å². The molecule has 0 amide bonds. The number of pyridine rings is 1. The molecule has 1 heterocycles. The molecule has 3 aromatic rings. The Morgan fingerprint density at radius 1 is 0.900 bits per heavy atom. The van der Waals surface area contributed by atoms with E-state index in [1.54, 1.807) is 0 Å². The zero-order valence-electron chi connectivity index (χ0n) is 11.2. The lowest BCUT2D eigenvalue weighted by Crippen LogP contribution is -2.01. The molecule has 0 saturated heterocycles. The second-order valence-electron chi connectivity index (χ2n) is 4.75. The van der Waals surface area contributed by atoms with E-state index in [1.807, 2.05) is 18.3 Å². The zero-order valence-corrected chi connectivity index (χ0v) is 11.2. The Morgan fingerprint density at radius 2 is 1.65 bits per heavy atom. The van der Waals surface area contributed by atoms with E-state index in [-0.39, 0.29) is 0 Å². The average Bonchev–Trinajstić information content (AvgIpc) is 2.53. The van der Waals surface area contributed by atoms with Crippen LogP contribution >= 0.6 is 0 Å². The van der Waals surface area contributed by atoms with Crippen molar-refractivity contribution in [2.24, 2.45) is 5.73 Å². The quantitative estimate of drug-likeness (QED) is 0.759. The zero-order chi connectivity index (χ0) is 13.8. The number of hydrogen-bond acceptors (Lipinski definition) is 3. The van der Waals surface area contributed by atoms with Gasteiger partial charge in [0.05, 0.1) is 11.2 Å². The normalized spacial score (nSPS) is 10.7. The van der Waals surface area contributed by atoms with Gasteiger partial charge in [0.25, 0.3) is 0 Å². The van der Waals surface area contributed by atoms with Crippen molar-refractivity contribution >= 4 is 16.6 Å². The monoisotopic (exact) mass is 263 g/mol. The van der Waals surface area contributed by atoms with Gasteiger partial charge in [0.2, 0.25) is 0 Å². The van der Waals surface area contributed by atoms with Crippen LogP contribution in [0.15, 0.2) is 60.8 Å². The molecule has 3 nitrogen and oxygen atoms in total. The van der Waals surface area contributed by atoms with Crippen LogP contribution in [0.4, 0.5) is 5.69 Å². The standard InChI is InChI=1S/C17H17N3/c18-11-13-6-8-14(9-7-13)12-20-16-5-1-3-15-4-2-10-19-17(15)16/h1-10,20H,11-12,18H2. The van der Waals surface area contributed by atoms with Gasteiger partial charge in [-0.05, 0) is 23.3 Å². The highest BCUT2D eigenvalue weighted by molar-refractivity contribution is 5.90. The molecule has 0 atom stereocenters. The third-order valence-electron chi connectivity index (χ3n) is 3.37. The number of para-hydroxylation sites is 1. The summed E-state index contributed by atoms with van der Waals surface area (Å²) in [7, 11) is 0. The van der Waals surface area contributed by atoms with Gasteiger partial charge in [-0.1, -0.05) is 42.5 Å². The molecule has 1 aromatic heterocycles. The molecule has 20 heavy (non-hydrogen) atoms. The van der Waals surface area contributed by atoms with Gasteiger partial charge in [-0.3, -0.25) is 4.98 Å². The second-order valence-corrected chi connectivity index (χ2v) is 4.75. The summed E-state index contributed by atoms with van der Waals surface area (Å²) in [5.74, 6) is 0. The number of anilines is 1. The van der Waals surface area contributed by atoms with Crippen molar-refractivity contribution < 1.29 is 0 Å². The lowest BCUT2D eigenvalue weighted by atomic mass is 10.1. The van der Waals surface area contributed by atoms with E-state index in [0.717, 1.165) is 28.7 Å². The van der Waals surface area contributed by atoms with E-state index in [2.05, 4.69) is 52.8 Å². The summed E-state index contributed by atoms with van der Waals surface area (Å²) in [6, 6.07) is 18.6. The third kappa shape index (κ3) is 2.63. The number of fused-ring (bicyclic) bond motifs is 1. The second kappa shape index (κ2) is 5.72. The number of benzene rings is 2. The minimum Gasteiger partial charge on any atom is -0.379 e. The highest BCUT2D eigenvalue weighted by atomic mass is 14.9. The van der Waals surface area contributed by atoms with Gasteiger partial charge >= 0.3 is 0 Å². The minimum atomic E-state index is 0.584. The summed E-state index contributed by atoms with van der Waals surface area (Å²) >= 11 is 0. The highest BCUT2D eigenvalue weighted by Crippen LogP contribution is 2.21. The van der Waals surface area contributed by atoms with Crippen molar-refractivity contribution in [1.82, 2.24) is 4.98 Å². The maximum atomic E-state index is 5.60. The van der Waals surface area contributed by atoms with Crippen molar-refractivity contribution in [3.8, 4) is 0 Å². The van der Waals surface area contributed by atoms with Gasteiger partial charge in [-0.25, -0.2) is 0 Å². The summed E-state index contributed by atoms with van der Waals surface area (Å²) in [4.78, 5) is 4.44. The van der Waals surface area contributed by atoms with Crippen molar-refractivity contribution in [3.63, 3.8) is 0 Å². The molecule has 0 radical (unpaired) electrons. The summed E-state index contributed by atoms with van der Waals surface area (Å²) in [5, 5.41) is 4.60. The van der Waals surface area contributed by atoms with Crippen LogP contribution in [0, 0.1) is 0 Å². The van der Waals surface area contributed by atoms with E-state index in [0.29, 0.717) is 6.54 Å². The van der Waals surface area contributed by atoms with E-state index >= 15 is 0 Å².